The number of benzene rings is 3. The quantitative estimate of drug-likeness (QED) is 0.0998. The predicted molar refractivity (Wildman–Crippen MR) is 267 cm³/mol. The van der Waals surface area contributed by atoms with Crippen molar-refractivity contribution in [1.29, 1.82) is 0 Å². The molecule has 10 rings (SSSR count). The van der Waals surface area contributed by atoms with Crippen molar-refractivity contribution in [2.24, 2.45) is 12.5 Å². The van der Waals surface area contributed by atoms with Crippen LogP contribution in [0, 0.1) is 15.5 Å². The van der Waals surface area contributed by atoms with E-state index in [0.717, 1.165) is 82.2 Å². The van der Waals surface area contributed by atoms with Crippen LogP contribution in [0.3, 0.4) is 0 Å². The van der Waals surface area contributed by atoms with Gasteiger partial charge in [0.1, 0.15) is 12.3 Å². The maximum Gasteiger partial charge on any atom is 0.297 e. The number of hydrogen-bond acceptors (Lipinski definition) is 13. The molecular formula is C49H56ClN11O7S. The molecule has 0 radical (unpaired) electrons. The van der Waals surface area contributed by atoms with Crippen molar-refractivity contribution in [3.8, 4) is 11.4 Å². The number of H-pyrrole nitrogens is 1. The van der Waals surface area contributed by atoms with Crippen molar-refractivity contribution in [2.75, 3.05) is 89.3 Å². The number of allylic oxidation sites excluding steroid dienone is 1. The lowest BCUT2D eigenvalue weighted by molar-refractivity contribution is -0.384. The third-order valence-electron chi connectivity index (χ3n) is 14.2. The average molecular weight is 979 g/mol. The average Bonchev–Trinajstić information content (AvgIpc) is 3.89. The number of aromatic nitrogens is 4. The van der Waals surface area contributed by atoms with Crippen molar-refractivity contribution < 1.29 is 22.9 Å². The number of nitro groups is 1. The van der Waals surface area contributed by atoms with Crippen molar-refractivity contribution in [3.63, 3.8) is 0 Å². The van der Waals surface area contributed by atoms with Crippen molar-refractivity contribution in [2.45, 2.75) is 44.0 Å². The zero-order valence-corrected chi connectivity index (χ0v) is 40.7. The highest BCUT2D eigenvalue weighted by Crippen LogP contribution is 2.44. The first-order valence-electron chi connectivity index (χ1n) is 23.3. The molecule has 2 saturated heterocycles. The number of likely N-dealkylation sites (N-methyl/N-ethyl adjacent to an activating group) is 1. The normalized spacial score (nSPS) is 19.4. The van der Waals surface area contributed by atoms with Crippen LogP contribution in [0.25, 0.3) is 33.3 Å². The van der Waals surface area contributed by atoms with Gasteiger partial charge in [-0.15, -0.1) is 0 Å². The summed E-state index contributed by atoms with van der Waals surface area (Å²) in [6, 6.07) is 18.8. The van der Waals surface area contributed by atoms with E-state index < -0.39 is 37.0 Å². The molecule has 3 aromatic heterocycles. The number of anilines is 2. The number of carbonyl (C=O) groups excluding carboxylic acids is 1. The van der Waals surface area contributed by atoms with Gasteiger partial charge in [0, 0.05) is 107 Å². The minimum atomic E-state index is -4.73. The fourth-order valence-electron chi connectivity index (χ4n) is 10.2. The molecular weight excluding hydrogens is 922 g/mol. The Kier molecular flexibility index (Phi) is 12.3. The fraction of sp³-hybridized carbons (Fsp3) is 0.408. The molecule has 0 saturated carbocycles. The largest absolute Gasteiger partial charge is 0.489 e. The van der Waals surface area contributed by atoms with Crippen LogP contribution in [0.15, 0.2) is 88.2 Å². The smallest absolute Gasteiger partial charge is 0.297 e. The van der Waals surface area contributed by atoms with Gasteiger partial charge in [-0.25, -0.2) is 27.5 Å². The Morgan fingerprint density at radius 1 is 0.971 bits per heavy atom. The van der Waals surface area contributed by atoms with E-state index in [1.54, 1.807) is 42.2 Å². The number of fused-ring (bicyclic) bond motifs is 3. The molecule has 6 aromatic rings. The molecule has 3 aromatic carbocycles. The van der Waals surface area contributed by atoms with Gasteiger partial charge in [0.15, 0.2) is 17.0 Å². The zero-order chi connectivity index (χ0) is 48.4. The van der Waals surface area contributed by atoms with Crippen LogP contribution in [0.4, 0.5) is 17.1 Å². The van der Waals surface area contributed by atoms with Crippen molar-refractivity contribution in [3.05, 3.63) is 115 Å². The fourth-order valence-corrected chi connectivity index (χ4v) is 11.3. The lowest BCUT2D eigenvalue weighted by Gasteiger charge is -2.39. The van der Waals surface area contributed by atoms with Gasteiger partial charge in [-0.3, -0.25) is 29.5 Å². The predicted octanol–water partition coefficient (Wildman–Crippen LogP) is 6.09. The summed E-state index contributed by atoms with van der Waals surface area (Å²) in [6.45, 7) is 12.7. The van der Waals surface area contributed by atoms with Gasteiger partial charge >= 0.3 is 0 Å². The Morgan fingerprint density at radius 3 is 2.45 bits per heavy atom. The molecule has 20 heteroatoms. The molecule has 3 aliphatic heterocycles. The van der Waals surface area contributed by atoms with Gasteiger partial charge in [-0.1, -0.05) is 43.2 Å². The molecule has 69 heavy (non-hydrogen) atoms. The minimum absolute atomic E-state index is 0.00409. The summed E-state index contributed by atoms with van der Waals surface area (Å²) >= 11 is 6.27. The number of nitro benzene ring substituents is 1. The summed E-state index contributed by atoms with van der Waals surface area (Å²) in [5, 5.41) is 17.1. The standard InChI is InChI=1S/C49H56ClN11O7S/c1-49(2)13-11-33(39(27-49)31-5-7-34(50)8-6-31)28-57-19-21-59(22-20-57)36-9-10-38(40(24-36)60-41-23-32-12-14-51-46(32)53-45(41)48(63)56(60)4)47(62)54-69(66,67)37-25-42(61(64)65)44-43(26-37)68-30-35(52-44)29-58-17-15-55(3)16-18-58/h5-10,12,14,23-26,35,52H,11,13,15-22,27-30H2,1-4H3,(H,51,53)(H,54,62)/t35-/m0/s1. The molecule has 1 aliphatic carbocycles. The molecule has 18 nitrogen and oxygen atoms in total. The number of ether oxygens (including phenoxy) is 1. The van der Waals surface area contributed by atoms with Gasteiger partial charge in [0.25, 0.3) is 27.2 Å². The first-order chi connectivity index (χ1) is 33.0. The number of rotatable bonds is 11. The molecule has 6 heterocycles. The number of nitrogens with one attached hydrogen (secondary N) is 3. The lowest BCUT2D eigenvalue weighted by Crippen LogP contribution is -2.50. The van der Waals surface area contributed by atoms with Crippen LogP contribution in [0.2, 0.25) is 5.02 Å². The van der Waals surface area contributed by atoms with Gasteiger partial charge in [-0.05, 0) is 85.3 Å². The van der Waals surface area contributed by atoms with Crippen LogP contribution in [0.1, 0.15) is 49.0 Å². The maximum absolute atomic E-state index is 14.5. The highest BCUT2D eigenvalue weighted by Gasteiger charge is 2.34. The Morgan fingerprint density at radius 2 is 1.71 bits per heavy atom. The second-order valence-electron chi connectivity index (χ2n) is 19.6. The number of hydrogen-bond donors (Lipinski definition) is 3. The van der Waals surface area contributed by atoms with Crippen LogP contribution in [-0.4, -0.2) is 138 Å². The van der Waals surface area contributed by atoms with Crippen molar-refractivity contribution >= 4 is 72.2 Å². The number of piperazine rings is 2. The second-order valence-corrected chi connectivity index (χ2v) is 21.7. The van der Waals surface area contributed by atoms with Crippen molar-refractivity contribution in [1.82, 2.24) is 38.8 Å². The molecule has 2 fully saturated rings. The van der Waals surface area contributed by atoms with Gasteiger partial charge in [0.05, 0.1) is 32.6 Å². The van der Waals surface area contributed by atoms with Crippen LogP contribution < -0.4 is 25.2 Å². The molecule has 362 valence electrons. The number of nitrogens with zero attached hydrogens (tertiary/aromatic N) is 8. The topological polar surface area (TPSA) is 196 Å². The van der Waals surface area contributed by atoms with Crippen LogP contribution in [0.5, 0.6) is 5.75 Å². The first-order valence-corrected chi connectivity index (χ1v) is 25.2. The Balaban J connectivity index is 0.940. The van der Waals surface area contributed by atoms with Crippen LogP contribution >= 0.6 is 11.6 Å². The molecule has 3 N–H and O–H groups in total. The Hall–Kier alpha value is -6.25. The van der Waals surface area contributed by atoms with Gasteiger partial charge in [0.2, 0.25) is 0 Å². The van der Waals surface area contributed by atoms with Gasteiger partial charge < -0.3 is 24.8 Å². The van der Waals surface area contributed by atoms with E-state index in [-0.39, 0.29) is 46.3 Å². The third kappa shape index (κ3) is 9.33. The highest BCUT2D eigenvalue weighted by atomic mass is 35.5. The number of sulfonamides is 1. The molecule has 1 amide bonds. The van der Waals surface area contributed by atoms with E-state index in [1.807, 2.05) is 18.2 Å². The van der Waals surface area contributed by atoms with Crippen LogP contribution in [-0.2, 0) is 17.1 Å². The summed E-state index contributed by atoms with van der Waals surface area (Å²) in [5.74, 6) is -1.01. The Bertz CT molecular complexity index is 3200. The van der Waals surface area contributed by atoms with E-state index in [4.69, 9.17) is 16.3 Å². The molecule has 0 unspecified atom stereocenters. The van der Waals surface area contributed by atoms with E-state index in [0.29, 0.717) is 35.8 Å². The number of halogens is 1. The summed E-state index contributed by atoms with van der Waals surface area (Å²) in [4.78, 5) is 56.5. The number of pyridine rings is 1. The lowest BCUT2D eigenvalue weighted by atomic mass is 9.72. The first kappa shape index (κ1) is 46.5. The number of carbonyl (C=O) groups is 1. The Labute approximate surface area is 404 Å². The molecule has 0 bridgehead atoms. The SMILES string of the molecule is CN1CCN(C[C@H]2COc3cc(S(=O)(=O)NC(=O)c4ccc(N5CCN(CC6=C(c7ccc(Cl)cc7)CC(C)(C)CC6)CC5)cc4-n4c5cc6cc[nH]c6nc5c(=O)n4C)cc([N+](=O)[O-])c3N2)CC1. The maximum atomic E-state index is 14.5. The third-order valence-corrected chi connectivity index (χ3v) is 15.7. The van der Waals surface area contributed by atoms with E-state index in [9.17, 15) is 28.1 Å². The zero-order valence-electron chi connectivity index (χ0n) is 39.1. The number of amides is 1. The minimum Gasteiger partial charge on any atom is -0.489 e. The second kappa shape index (κ2) is 18.2. The summed E-state index contributed by atoms with van der Waals surface area (Å²) in [6.07, 6.45) is 4.85. The molecule has 1 atom stereocenters. The summed E-state index contributed by atoms with van der Waals surface area (Å²) in [5.41, 5.74) is 5.47. The number of aromatic amines is 1. The van der Waals surface area contributed by atoms with E-state index >= 15 is 0 Å². The van der Waals surface area contributed by atoms with E-state index in [1.165, 1.54) is 27.5 Å². The summed E-state index contributed by atoms with van der Waals surface area (Å²) < 4.78 is 39.4. The molecule has 0 spiro atoms. The van der Waals surface area contributed by atoms with Gasteiger partial charge in [-0.2, -0.15) is 0 Å². The molecule has 4 aliphatic rings. The highest BCUT2D eigenvalue weighted by molar-refractivity contribution is 7.90. The monoisotopic (exact) mass is 977 g/mol. The summed E-state index contributed by atoms with van der Waals surface area (Å²) in [7, 11) is -1.10. The van der Waals surface area contributed by atoms with E-state index in [2.05, 4.69) is 72.6 Å².